The molecule has 3 rings (SSSR count). The second kappa shape index (κ2) is 7.97. The van der Waals surface area contributed by atoms with Crippen molar-refractivity contribution < 1.29 is 9.18 Å². The summed E-state index contributed by atoms with van der Waals surface area (Å²) in [6.45, 7) is 3.16. The molecule has 2 aromatic carbocycles. The molecule has 0 aromatic heterocycles. The van der Waals surface area contributed by atoms with Crippen molar-refractivity contribution in [2.45, 2.75) is 12.5 Å². The van der Waals surface area contributed by atoms with Crippen LogP contribution in [0.5, 0.6) is 0 Å². The third-order valence-corrected chi connectivity index (χ3v) is 5.07. The summed E-state index contributed by atoms with van der Waals surface area (Å²) in [5.41, 5.74) is 7.61. The Kier molecular flexibility index (Phi) is 5.71. The predicted octanol–water partition coefficient (Wildman–Crippen LogP) is 3.33. The molecular weight excluding hydrogens is 385 g/mol. The van der Waals surface area contributed by atoms with Gasteiger partial charge < -0.3 is 10.6 Å². The zero-order valence-corrected chi connectivity index (χ0v) is 15.5. The number of primary amides is 1. The molecule has 0 radical (unpaired) electrons. The van der Waals surface area contributed by atoms with E-state index in [2.05, 4.69) is 25.7 Å². The smallest absolute Gasteiger partial charge is 0.239 e. The van der Waals surface area contributed by atoms with Gasteiger partial charge in [-0.2, -0.15) is 0 Å². The zero-order chi connectivity index (χ0) is 17.8. The number of rotatable bonds is 4. The van der Waals surface area contributed by atoms with Crippen LogP contribution in [0.2, 0.25) is 0 Å². The molecule has 132 valence electrons. The maximum Gasteiger partial charge on any atom is 0.239 e. The van der Waals surface area contributed by atoms with Gasteiger partial charge in [-0.1, -0.05) is 28.1 Å². The van der Waals surface area contributed by atoms with Crippen molar-refractivity contribution in [1.29, 1.82) is 0 Å². The molecule has 1 unspecified atom stereocenters. The van der Waals surface area contributed by atoms with Crippen LogP contribution in [0.25, 0.3) is 0 Å². The fraction of sp³-hybridized carbons (Fsp3) is 0.316. The van der Waals surface area contributed by atoms with Gasteiger partial charge in [0.05, 0.1) is 0 Å². The van der Waals surface area contributed by atoms with Crippen molar-refractivity contribution in [3.8, 4) is 0 Å². The summed E-state index contributed by atoms with van der Waals surface area (Å²) in [5.74, 6) is -0.568. The summed E-state index contributed by atoms with van der Waals surface area (Å²) in [4.78, 5) is 16.5. The number of amides is 1. The minimum Gasteiger partial charge on any atom is -0.370 e. The Morgan fingerprint density at radius 2 is 1.68 bits per heavy atom. The molecule has 1 atom stereocenters. The number of nitrogens with two attached hydrogens (primary N) is 1. The number of anilines is 1. The van der Waals surface area contributed by atoms with Gasteiger partial charge in [0.25, 0.3) is 0 Å². The monoisotopic (exact) mass is 405 g/mol. The molecule has 1 heterocycles. The maximum atomic E-state index is 13.1. The van der Waals surface area contributed by atoms with Crippen LogP contribution in [0.15, 0.2) is 53.0 Å². The van der Waals surface area contributed by atoms with Crippen LogP contribution in [-0.2, 0) is 4.79 Å². The second-order valence-electron chi connectivity index (χ2n) is 6.21. The van der Waals surface area contributed by atoms with Crippen LogP contribution in [0, 0.1) is 5.82 Å². The summed E-state index contributed by atoms with van der Waals surface area (Å²) >= 11 is 3.42. The Labute approximate surface area is 155 Å². The van der Waals surface area contributed by atoms with Crippen molar-refractivity contribution in [3.63, 3.8) is 0 Å². The Bertz CT molecular complexity index is 720. The SMILES string of the molecule is NC(=O)C(c1ccc(Br)cc1)N1CCCN(c2ccc(F)cc2)CC1. The van der Waals surface area contributed by atoms with E-state index in [1.54, 1.807) is 12.1 Å². The lowest BCUT2D eigenvalue weighted by molar-refractivity contribution is -0.123. The molecular formula is C19H21BrFN3O. The predicted molar refractivity (Wildman–Crippen MR) is 101 cm³/mol. The van der Waals surface area contributed by atoms with Gasteiger partial charge in [0.15, 0.2) is 0 Å². The van der Waals surface area contributed by atoms with Crippen molar-refractivity contribution in [2.24, 2.45) is 5.73 Å². The van der Waals surface area contributed by atoms with Crippen LogP contribution in [-0.4, -0.2) is 37.0 Å². The van der Waals surface area contributed by atoms with Crippen LogP contribution in [0.1, 0.15) is 18.0 Å². The van der Waals surface area contributed by atoms with E-state index in [1.165, 1.54) is 12.1 Å². The lowest BCUT2D eigenvalue weighted by atomic mass is 10.0. The maximum absolute atomic E-state index is 13.1. The molecule has 0 saturated carbocycles. The number of benzene rings is 2. The minimum absolute atomic E-state index is 0.232. The Morgan fingerprint density at radius 3 is 2.32 bits per heavy atom. The minimum atomic E-state index is -0.429. The molecule has 1 aliphatic heterocycles. The van der Waals surface area contributed by atoms with Gasteiger partial charge in [-0.15, -0.1) is 0 Å². The van der Waals surface area contributed by atoms with Gasteiger partial charge in [0.2, 0.25) is 5.91 Å². The third-order valence-electron chi connectivity index (χ3n) is 4.54. The van der Waals surface area contributed by atoms with Crippen LogP contribution < -0.4 is 10.6 Å². The van der Waals surface area contributed by atoms with E-state index in [0.717, 1.165) is 48.3 Å². The molecule has 0 spiro atoms. The van der Waals surface area contributed by atoms with E-state index >= 15 is 0 Å². The van der Waals surface area contributed by atoms with Gasteiger partial charge in [-0.05, 0) is 48.4 Å². The summed E-state index contributed by atoms with van der Waals surface area (Å²) < 4.78 is 14.1. The van der Waals surface area contributed by atoms with Gasteiger partial charge in [0.1, 0.15) is 11.9 Å². The van der Waals surface area contributed by atoms with Gasteiger partial charge >= 0.3 is 0 Å². The first-order valence-electron chi connectivity index (χ1n) is 8.34. The Morgan fingerprint density at radius 1 is 1.00 bits per heavy atom. The average molecular weight is 406 g/mol. The fourth-order valence-corrected chi connectivity index (χ4v) is 3.57. The van der Waals surface area contributed by atoms with Gasteiger partial charge in [-0.25, -0.2) is 4.39 Å². The van der Waals surface area contributed by atoms with Crippen LogP contribution in [0.4, 0.5) is 10.1 Å². The number of nitrogens with zero attached hydrogens (tertiary/aromatic N) is 2. The number of hydrogen-bond donors (Lipinski definition) is 1. The summed E-state index contributed by atoms with van der Waals surface area (Å²) in [5, 5.41) is 0. The van der Waals surface area contributed by atoms with Crippen molar-refractivity contribution in [3.05, 3.63) is 64.4 Å². The van der Waals surface area contributed by atoms with Crippen molar-refractivity contribution in [1.82, 2.24) is 4.90 Å². The fourth-order valence-electron chi connectivity index (χ4n) is 3.31. The summed E-state index contributed by atoms with van der Waals surface area (Å²) in [6, 6.07) is 13.8. The summed E-state index contributed by atoms with van der Waals surface area (Å²) in [6.07, 6.45) is 0.914. The number of hydrogen-bond acceptors (Lipinski definition) is 3. The summed E-state index contributed by atoms with van der Waals surface area (Å²) in [7, 11) is 0. The van der Waals surface area contributed by atoms with Crippen LogP contribution >= 0.6 is 15.9 Å². The molecule has 1 fully saturated rings. The van der Waals surface area contributed by atoms with E-state index in [9.17, 15) is 9.18 Å². The van der Waals surface area contributed by atoms with Crippen LogP contribution in [0.3, 0.4) is 0 Å². The molecule has 1 saturated heterocycles. The van der Waals surface area contributed by atoms with E-state index in [-0.39, 0.29) is 11.7 Å². The lowest BCUT2D eigenvalue weighted by Gasteiger charge is -2.29. The molecule has 4 nitrogen and oxygen atoms in total. The topological polar surface area (TPSA) is 49.6 Å². The molecule has 1 amide bonds. The Hall–Kier alpha value is -1.92. The number of halogens is 2. The standard InChI is InChI=1S/C19H21BrFN3O/c20-15-4-2-14(3-5-15)18(19(22)25)24-11-1-10-23(12-13-24)17-8-6-16(21)7-9-17/h2-9,18H,1,10-13H2,(H2,22,25). The van der Waals surface area contributed by atoms with Gasteiger partial charge in [0, 0.05) is 36.3 Å². The number of carbonyl (C=O) groups is 1. The quantitative estimate of drug-likeness (QED) is 0.848. The normalized spacial score (nSPS) is 17.1. The van der Waals surface area contributed by atoms with E-state index in [1.807, 2.05) is 24.3 Å². The third kappa shape index (κ3) is 4.38. The largest absolute Gasteiger partial charge is 0.370 e. The van der Waals surface area contributed by atoms with E-state index in [0.29, 0.717) is 0 Å². The second-order valence-corrected chi connectivity index (χ2v) is 7.13. The van der Waals surface area contributed by atoms with Crippen molar-refractivity contribution >= 4 is 27.5 Å². The lowest BCUT2D eigenvalue weighted by Crippen LogP contribution is -2.40. The molecule has 6 heteroatoms. The Balaban J connectivity index is 1.75. The first kappa shape index (κ1) is 17.9. The highest BCUT2D eigenvalue weighted by Gasteiger charge is 2.27. The highest BCUT2D eigenvalue weighted by molar-refractivity contribution is 9.10. The molecule has 25 heavy (non-hydrogen) atoms. The molecule has 0 aliphatic carbocycles. The number of carbonyl (C=O) groups excluding carboxylic acids is 1. The first-order valence-corrected chi connectivity index (χ1v) is 9.13. The molecule has 1 aliphatic rings. The average Bonchev–Trinajstić information content (AvgIpc) is 2.83. The van der Waals surface area contributed by atoms with Gasteiger partial charge in [-0.3, -0.25) is 9.69 Å². The van der Waals surface area contributed by atoms with E-state index in [4.69, 9.17) is 5.73 Å². The molecule has 2 aromatic rings. The zero-order valence-electron chi connectivity index (χ0n) is 13.9. The molecule has 0 bridgehead atoms. The van der Waals surface area contributed by atoms with Crippen molar-refractivity contribution in [2.75, 3.05) is 31.1 Å². The van der Waals surface area contributed by atoms with E-state index < -0.39 is 6.04 Å². The molecule has 2 N–H and O–H groups in total. The highest BCUT2D eigenvalue weighted by Crippen LogP contribution is 2.25. The highest BCUT2D eigenvalue weighted by atomic mass is 79.9. The first-order chi connectivity index (χ1) is 12.0.